The van der Waals surface area contributed by atoms with Gasteiger partial charge in [-0.1, -0.05) is 0 Å². The third kappa shape index (κ3) is 4.12. The van der Waals surface area contributed by atoms with Crippen molar-refractivity contribution in [3.8, 4) is 0 Å². The lowest BCUT2D eigenvalue weighted by molar-refractivity contribution is 0.0845. The third-order valence-corrected chi connectivity index (χ3v) is 1.93. The first-order chi connectivity index (χ1) is 7.09. The van der Waals surface area contributed by atoms with Gasteiger partial charge in [0.2, 0.25) is 0 Å². The molecule has 0 bridgehead atoms. The SMILES string of the molecule is CC(C)OCCN(C)c1cnc(N)cn1. The van der Waals surface area contributed by atoms with E-state index in [4.69, 9.17) is 10.5 Å². The molecule has 0 spiro atoms. The summed E-state index contributed by atoms with van der Waals surface area (Å²) < 4.78 is 5.44. The maximum Gasteiger partial charge on any atom is 0.147 e. The van der Waals surface area contributed by atoms with E-state index in [1.54, 1.807) is 12.4 Å². The summed E-state index contributed by atoms with van der Waals surface area (Å²) in [5.74, 6) is 1.24. The molecule has 5 heteroatoms. The summed E-state index contributed by atoms with van der Waals surface area (Å²) in [6, 6.07) is 0. The van der Waals surface area contributed by atoms with Crippen LogP contribution in [0, 0.1) is 0 Å². The fourth-order valence-corrected chi connectivity index (χ4v) is 1.07. The van der Waals surface area contributed by atoms with Gasteiger partial charge in [-0.05, 0) is 13.8 Å². The summed E-state index contributed by atoms with van der Waals surface area (Å²) in [7, 11) is 1.95. The van der Waals surface area contributed by atoms with Gasteiger partial charge in [0, 0.05) is 13.6 Å². The summed E-state index contributed by atoms with van der Waals surface area (Å²) in [4.78, 5) is 10.1. The van der Waals surface area contributed by atoms with Gasteiger partial charge in [0.25, 0.3) is 0 Å². The summed E-state index contributed by atoms with van der Waals surface area (Å²) in [5.41, 5.74) is 5.45. The smallest absolute Gasteiger partial charge is 0.147 e. The topological polar surface area (TPSA) is 64.3 Å². The van der Waals surface area contributed by atoms with Gasteiger partial charge in [-0.25, -0.2) is 9.97 Å². The van der Waals surface area contributed by atoms with Gasteiger partial charge in [0.15, 0.2) is 0 Å². The Hall–Kier alpha value is -1.36. The number of ether oxygens (including phenoxy) is 1. The lowest BCUT2D eigenvalue weighted by Crippen LogP contribution is -2.24. The van der Waals surface area contributed by atoms with Gasteiger partial charge in [-0.2, -0.15) is 0 Å². The largest absolute Gasteiger partial charge is 0.382 e. The molecule has 0 saturated heterocycles. The number of nitrogen functional groups attached to an aromatic ring is 1. The molecular weight excluding hydrogens is 192 g/mol. The zero-order valence-electron chi connectivity index (χ0n) is 9.47. The monoisotopic (exact) mass is 210 g/mol. The molecule has 0 aromatic carbocycles. The number of hydrogen-bond acceptors (Lipinski definition) is 5. The number of aromatic nitrogens is 2. The molecule has 0 saturated carbocycles. The highest BCUT2D eigenvalue weighted by molar-refractivity contribution is 5.38. The zero-order valence-corrected chi connectivity index (χ0v) is 9.47. The van der Waals surface area contributed by atoms with E-state index in [1.807, 2.05) is 25.8 Å². The number of nitrogens with two attached hydrogens (primary N) is 1. The Morgan fingerprint density at radius 2 is 2.13 bits per heavy atom. The van der Waals surface area contributed by atoms with Crippen molar-refractivity contribution in [3.63, 3.8) is 0 Å². The van der Waals surface area contributed by atoms with Gasteiger partial charge in [0.1, 0.15) is 11.6 Å². The van der Waals surface area contributed by atoms with Crippen LogP contribution in [0.25, 0.3) is 0 Å². The Kier molecular flexibility index (Phi) is 4.30. The van der Waals surface area contributed by atoms with Crippen molar-refractivity contribution in [3.05, 3.63) is 12.4 Å². The average molecular weight is 210 g/mol. The van der Waals surface area contributed by atoms with E-state index >= 15 is 0 Å². The summed E-state index contributed by atoms with van der Waals surface area (Å²) in [6.45, 7) is 5.50. The van der Waals surface area contributed by atoms with E-state index in [-0.39, 0.29) is 6.10 Å². The van der Waals surface area contributed by atoms with E-state index in [2.05, 4.69) is 9.97 Å². The minimum Gasteiger partial charge on any atom is -0.382 e. The molecule has 0 fully saturated rings. The highest BCUT2D eigenvalue weighted by Crippen LogP contribution is 2.06. The van der Waals surface area contributed by atoms with Gasteiger partial charge in [-0.3, -0.25) is 0 Å². The van der Waals surface area contributed by atoms with Gasteiger partial charge < -0.3 is 15.4 Å². The average Bonchev–Trinajstić information content (AvgIpc) is 2.18. The molecule has 5 nitrogen and oxygen atoms in total. The molecule has 1 heterocycles. The highest BCUT2D eigenvalue weighted by atomic mass is 16.5. The summed E-state index contributed by atoms with van der Waals surface area (Å²) in [5, 5.41) is 0. The van der Waals surface area contributed by atoms with E-state index in [1.165, 1.54) is 0 Å². The predicted molar refractivity (Wildman–Crippen MR) is 60.8 cm³/mol. The molecule has 0 aliphatic carbocycles. The van der Waals surface area contributed by atoms with E-state index in [0.29, 0.717) is 12.4 Å². The molecule has 0 amide bonds. The van der Waals surface area contributed by atoms with Crippen LogP contribution >= 0.6 is 0 Å². The lowest BCUT2D eigenvalue weighted by Gasteiger charge is -2.18. The minimum absolute atomic E-state index is 0.260. The molecule has 84 valence electrons. The van der Waals surface area contributed by atoms with E-state index < -0.39 is 0 Å². The van der Waals surface area contributed by atoms with Crippen LogP contribution in [0.5, 0.6) is 0 Å². The van der Waals surface area contributed by atoms with Crippen molar-refractivity contribution in [1.82, 2.24) is 9.97 Å². The van der Waals surface area contributed by atoms with Crippen LogP contribution in [0.4, 0.5) is 11.6 Å². The lowest BCUT2D eigenvalue weighted by atomic mass is 10.5. The number of nitrogens with zero attached hydrogens (tertiary/aromatic N) is 3. The Bertz CT molecular complexity index is 286. The second-order valence-electron chi connectivity index (χ2n) is 3.64. The zero-order chi connectivity index (χ0) is 11.3. The molecule has 2 N–H and O–H groups in total. The maximum absolute atomic E-state index is 5.45. The molecule has 1 rings (SSSR count). The second kappa shape index (κ2) is 5.50. The van der Waals surface area contributed by atoms with Crippen LogP contribution in [-0.4, -0.2) is 36.3 Å². The molecule has 0 unspecified atom stereocenters. The first-order valence-corrected chi connectivity index (χ1v) is 5.00. The van der Waals surface area contributed by atoms with Crippen molar-refractivity contribution in [2.24, 2.45) is 0 Å². The number of rotatable bonds is 5. The predicted octanol–water partition coefficient (Wildman–Crippen LogP) is 0.920. The van der Waals surface area contributed by atoms with Crippen LogP contribution in [0.3, 0.4) is 0 Å². The summed E-state index contributed by atoms with van der Waals surface area (Å²) >= 11 is 0. The Morgan fingerprint density at radius 3 is 2.67 bits per heavy atom. The van der Waals surface area contributed by atoms with Crippen LogP contribution in [0.15, 0.2) is 12.4 Å². The molecule has 0 radical (unpaired) electrons. The van der Waals surface area contributed by atoms with Crippen molar-refractivity contribution in [2.75, 3.05) is 30.8 Å². The Morgan fingerprint density at radius 1 is 1.40 bits per heavy atom. The Balaban J connectivity index is 2.40. The molecule has 1 aromatic rings. The van der Waals surface area contributed by atoms with Crippen molar-refractivity contribution in [1.29, 1.82) is 0 Å². The fourth-order valence-electron chi connectivity index (χ4n) is 1.07. The van der Waals surface area contributed by atoms with Gasteiger partial charge in [0.05, 0.1) is 25.1 Å². The van der Waals surface area contributed by atoms with Gasteiger partial charge >= 0.3 is 0 Å². The molecule has 0 aliphatic rings. The fraction of sp³-hybridized carbons (Fsp3) is 0.600. The van der Waals surface area contributed by atoms with Crippen LogP contribution < -0.4 is 10.6 Å². The Labute approximate surface area is 90.3 Å². The molecule has 0 aliphatic heterocycles. The standard InChI is InChI=1S/C10H18N4O/c1-8(2)15-5-4-14(3)10-7-12-9(11)6-13-10/h6-8H,4-5H2,1-3H3,(H2,11,12). The van der Waals surface area contributed by atoms with Crippen molar-refractivity contribution < 1.29 is 4.74 Å². The second-order valence-corrected chi connectivity index (χ2v) is 3.64. The van der Waals surface area contributed by atoms with Crippen LogP contribution in [0.2, 0.25) is 0 Å². The van der Waals surface area contributed by atoms with Crippen LogP contribution in [0.1, 0.15) is 13.8 Å². The molecule has 0 atom stereocenters. The number of likely N-dealkylation sites (N-methyl/N-ethyl adjacent to an activating group) is 1. The first kappa shape index (κ1) is 11.7. The molecule has 15 heavy (non-hydrogen) atoms. The molecular formula is C10H18N4O. The maximum atomic E-state index is 5.45. The van der Waals surface area contributed by atoms with E-state index in [0.717, 1.165) is 12.4 Å². The van der Waals surface area contributed by atoms with E-state index in [9.17, 15) is 0 Å². The molecule has 1 aromatic heterocycles. The normalized spacial score (nSPS) is 10.7. The van der Waals surface area contributed by atoms with Crippen molar-refractivity contribution >= 4 is 11.6 Å². The summed E-state index contributed by atoms with van der Waals surface area (Å²) in [6.07, 6.45) is 3.47. The van der Waals surface area contributed by atoms with Crippen LogP contribution in [-0.2, 0) is 4.74 Å². The highest BCUT2D eigenvalue weighted by Gasteiger charge is 2.02. The minimum atomic E-state index is 0.260. The van der Waals surface area contributed by atoms with Crippen molar-refractivity contribution in [2.45, 2.75) is 20.0 Å². The third-order valence-electron chi connectivity index (χ3n) is 1.93. The first-order valence-electron chi connectivity index (χ1n) is 5.00. The number of anilines is 2. The number of hydrogen-bond donors (Lipinski definition) is 1. The van der Waals surface area contributed by atoms with Gasteiger partial charge in [-0.15, -0.1) is 0 Å². The quantitative estimate of drug-likeness (QED) is 0.783.